The Morgan fingerprint density at radius 1 is 0.152 bits per heavy atom. The normalized spacial score (nSPS) is 9.32. The van der Waals surface area contributed by atoms with Crippen molar-refractivity contribution in [2.24, 2.45) is 84.6 Å². The Kier molecular flexibility index (Phi) is 66.1. The number of hydrogen-bond donors (Lipinski definition) is 0. The minimum atomic E-state index is -2.92. The molecule has 0 aliphatic heterocycles. The van der Waals surface area contributed by atoms with Crippen molar-refractivity contribution in [3.63, 3.8) is 0 Å². The number of aryl methyl sites for hydroxylation is 24. The first-order valence-electron chi connectivity index (χ1n) is 36.9. The van der Waals surface area contributed by atoms with Gasteiger partial charge in [-0.05, 0) is 83.1 Å². The smallest absolute Gasteiger partial charge is 0.243 e. The molecule has 0 fully saturated rings. The van der Waals surface area contributed by atoms with Gasteiger partial charge in [-0.2, -0.15) is 0 Å². The van der Waals surface area contributed by atoms with Crippen molar-refractivity contribution in [3.8, 4) is 0 Å². The van der Waals surface area contributed by atoms with Crippen LogP contribution in [0.2, 0.25) is 0 Å². The maximum absolute atomic E-state index is 8.42. The Morgan fingerprint density at radius 2 is 0.205 bits per heavy atom. The van der Waals surface area contributed by atoms with Crippen LogP contribution < -0.4 is 115 Å². The minimum absolute atomic E-state index is 1.06. The molecule has 36 nitrogen and oxygen atoms in total. The van der Waals surface area contributed by atoms with Crippen molar-refractivity contribution in [1.29, 1.82) is 0 Å². The van der Waals surface area contributed by atoms with E-state index in [-0.39, 0.29) is 0 Å². The maximum Gasteiger partial charge on any atom is 0.243 e. The van der Waals surface area contributed by atoms with Gasteiger partial charge in [0.25, 0.3) is 0 Å². The molecule has 12 rings (SSSR count). The summed E-state index contributed by atoms with van der Waals surface area (Å²) in [5, 5.41) is 101. The molecule has 40 heteroatoms. The van der Waals surface area contributed by atoms with Gasteiger partial charge >= 0.3 is 0 Å². The second-order valence-electron chi connectivity index (χ2n) is 24.1. The summed E-state index contributed by atoms with van der Waals surface area (Å²) < 4.78 is 49.9. The monoisotopic (exact) mass is 1570 g/mol. The van der Waals surface area contributed by atoms with Gasteiger partial charge in [0.15, 0.2) is 0 Å². The summed E-state index contributed by atoms with van der Waals surface area (Å²) in [7, 11) is 12.6. The lowest BCUT2D eigenvalue weighted by atomic mass is 10.3. The first-order valence-corrected chi connectivity index (χ1v) is 36.9. The molecular formula is C72H132B4N24O12. The van der Waals surface area contributed by atoms with Crippen LogP contribution in [-0.2, 0) is 163 Å². The summed E-state index contributed by atoms with van der Waals surface area (Å²) in [6.45, 7) is 38.2. The van der Waals surface area contributed by atoms with Crippen LogP contribution in [0.3, 0.4) is 0 Å². The molecule has 0 radical (unpaired) electrons. The Bertz CT molecular complexity index is 3130. The Hall–Kier alpha value is -9.70. The van der Waals surface area contributed by atoms with Gasteiger partial charge in [-0.25, -0.2) is 110 Å². The van der Waals surface area contributed by atoms with E-state index in [0.717, 1.165) is 78.5 Å². The van der Waals surface area contributed by atoms with Crippen molar-refractivity contribution in [2.75, 3.05) is 0 Å². The number of hydrogen-bond acceptors (Lipinski definition) is 12. The van der Waals surface area contributed by atoms with E-state index in [9.17, 15) is 0 Å². The fourth-order valence-corrected chi connectivity index (χ4v) is 8.27. The van der Waals surface area contributed by atoms with Crippen LogP contribution in [0.15, 0.2) is 225 Å². The molecule has 12 aromatic heterocycles. The van der Waals surface area contributed by atoms with E-state index in [2.05, 4.69) is 288 Å². The SMILES string of the molecule is CCn1cc[n+](C)c1.CCn1cc[n+](C)c1.CCn1cc[n+](C)c1.CCn1cc[n+](C)c1.CCn1cc[n+](C)c1.CCn1cc[n+](C)c1.CCn1cc[n+](C)c1.CCn1cc[n+](C)c1.CCn1cc[n+](C)c1.CCn1cc[n+](C)c1.CCn1cc[n+](C)c1.CCn1cc[n+](C)c1.[O-]B([O-])[O-].[O-]B([O-])[O-].[O-]B([O-])[O-].[O-]B([O-])[O-]. The zero-order chi connectivity index (χ0) is 86.1. The number of aromatic nitrogens is 24. The molecule has 0 bridgehead atoms. The Labute approximate surface area is 667 Å². The van der Waals surface area contributed by atoms with Crippen LogP contribution in [0, 0.1) is 0 Å². The van der Waals surface area contributed by atoms with Gasteiger partial charge in [-0.15, -0.1) is 0 Å². The average molecular weight is 1570 g/mol. The highest BCUT2D eigenvalue weighted by Gasteiger charge is 2.00. The van der Waals surface area contributed by atoms with E-state index in [0.29, 0.717) is 0 Å². The summed E-state index contributed by atoms with van der Waals surface area (Å²) in [5.41, 5.74) is 0. The van der Waals surface area contributed by atoms with Gasteiger partial charge in [0.1, 0.15) is 149 Å². The molecule has 0 aromatic carbocycles. The maximum atomic E-state index is 8.42. The fourth-order valence-electron chi connectivity index (χ4n) is 8.27. The van der Waals surface area contributed by atoms with Crippen LogP contribution in [0.5, 0.6) is 0 Å². The minimum Gasteiger partial charge on any atom is -0.907 e. The van der Waals surface area contributed by atoms with Gasteiger partial charge in [0, 0.05) is 0 Å². The molecule has 0 aliphatic rings. The molecule has 0 atom stereocenters. The van der Waals surface area contributed by atoms with Gasteiger partial charge in [0.2, 0.25) is 75.9 Å². The number of nitrogens with zero attached hydrogens (tertiary/aromatic N) is 24. The second kappa shape index (κ2) is 68.1. The molecule has 0 amide bonds. The molecule has 12 aromatic rings. The van der Waals surface area contributed by atoms with Crippen molar-refractivity contribution in [3.05, 3.63) is 225 Å². The van der Waals surface area contributed by atoms with Crippen LogP contribution in [0.25, 0.3) is 0 Å². The molecule has 0 N–H and O–H groups in total. The first kappa shape index (κ1) is 109. The fraction of sp³-hybridized carbons (Fsp3) is 0.500. The molecule has 0 aliphatic carbocycles. The standard InChI is InChI=1S/12C6H11N2.4BO3/c12*1-3-8-5-4-7(2)6-8;4*2-1(3)4/h12*4-6H,3H2,1-2H3;;;;/q12*+1;4*-3. The third kappa shape index (κ3) is 66.1. The lowest BCUT2D eigenvalue weighted by Crippen LogP contribution is -2.56. The zero-order valence-corrected chi connectivity index (χ0v) is 71.2. The van der Waals surface area contributed by atoms with Crippen LogP contribution >= 0.6 is 0 Å². The van der Waals surface area contributed by atoms with Gasteiger partial charge in [0.05, 0.1) is 163 Å². The van der Waals surface area contributed by atoms with Crippen molar-refractivity contribution in [1.82, 2.24) is 54.8 Å². The summed E-state index contributed by atoms with van der Waals surface area (Å²) in [4.78, 5) is 0. The highest BCUT2D eigenvalue weighted by molar-refractivity contribution is 6.24. The largest absolute Gasteiger partial charge is 0.907 e. The highest BCUT2D eigenvalue weighted by atomic mass is 16.5. The molecule has 112 heavy (non-hydrogen) atoms. The Balaban J connectivity index is -0.000000558. The van der Waals surface area contributed by atoms with Crippen molar-refractivity contribution in [2.45, 2.75) is 162 Å². The average Bonchev–Trinajstić information content (AvgIpc) is 2.03. The van der Waals surface area contributed by atoms with Crippen LogP contribution in [0.4, 0.5) is 0 Å². The zero-order valence-electron chi connectivity index (χ0n) is 71.2. The summed E-state index contributed by atoms with van der Waals surface area (Å²) in [5.74, 6) is 0. The van der Waals surface area contributed by atoms with E-state index in [1.807, 2.05) is 214 Å². The van der Waals surface area contributed by atoms with Gasteiger partial charge < -0.3 is 60.3 Å². The second-order valence-corrected chi connectivity index (χ2v) is 24.1. The predicted octanol–water partition coefficient (Wildman–Crippen LogP) is -11.8. The van der Waals surface area contributed by atoms with Crippen molar-refractivity contribution < 1.29 is 115 Å². The molecule has 0 spiro atoms. The lowest BCUT2D eigenvalue weighted by molar-refractivity contribution is -0.671. The highest BCUT2D eigenvalue weighted by Crippen LogP contribution is 1.87. The van der Waals surface area contributed by atoms with E-state index < -0.39 is 29.3 Å². The summed E-state index contributed by atoms with van der Waals surface area (Å²) in [6.07, 6.45) is 73.7. The molecule has 624 valence electrons. The van der Waals surface area contributed by atoms with E-state index in [1.165, 1.54) is 0 Å². The number of rotatable bonds is 12. The number of imidazole rings is 12. The molecule has 0 saturated heterocycles. The summed E-state index contributed by atoms with van der Waals surface area (Å²) in [6, 6.07) is 0. The third-order valence-electron chi connectivity index (χ3n) is 14.3. The summed E-state index contributed by atoms with van der Waals surface area (Å²) >= 11 is 0. The van der Waals surface area contributed by atoms with Crippen LogP contribution in [0.1, 0.15) is 83.1 Å². The third-order valence-corrected chi connectivity index (χ3v) is 14.3. The quantitative estimate of drug-likeness (QED) is 0.0813. The van der Waals surface area contributed by atoms with E-state index in [1.54, 1.807) is 0 Å². The van der Waals surface area contributed by atoms with Gasteiger partial charge in [-0.3, -0.25) is 29.3 Å². The van der Waals surface area contributed by atoms with E-state index >= 15 is 0 Å². The van der Waals surface area contributed by atoms with E-state index in [4.69, 9.17) is 60.3 Å². The van der Waals surface area contributed by atoms with Crippen LogP contribution in [-0.4, -0.2) is 84.1 Å². The topological polar surface area (TPSA) is 382 Å². The molecular weight excluding hydrogens is 1440 g/mol. The van der Waals surface area contributed by atoms with Crippen molar-refractivity contribution >= 4 is 29.3 Å². The predicted molar refractivity (Wildman–Crippen MR) is 398 cm³/mol. The van der Waals surface area contributed by atoms with Gasteiger partial charge in [-0.1, -0.05) is 0 Å². The Morgan fingerprint density at radius 3 is 0.223 bits per heavy atom. The molecule has 0 saturated carbocycles. The first-order chi connectivity index (χ1) is 52.8. The molecule has 0 unspecified atom stereocenters. The molecule has 12 heterocycles. The lowest BCUT2D eigenvalue weighted by Gasteiger charge is -2.35.